The maximum Gasteiger partial charge on any atom is 0.0589 e. The molecule has 4 heteroatoms. The summed E-state index contributed by atoms with van der Waals surface area (Å²) in [5.74, 6) is 0. The second kappa shape index (κ2) is 6.46. The summed E-state index contributed by atoms with van der Waals surface area (Å²) in [6.45, 7) is 1.57. The number of methoxy groups -OCH3 is 1. The topological polar surface area (TPSA) is 51.4 Å². The van der Waals surface area contributed by atoms with Gasteiger partial charge in [0.1, 0.15) is 0 Å². The van der Waals surface area contributed by atoms with Crippen LogP contribution in [0, 0.1) is 0 Å². The summed E-state index contributed by atoms with van der Waals surface area (Å²) in [5.41, 5.74) is 7.39. The van der Waals surface area contributed by atoms with E-state index in [1.807, 2.05) is 18.5 Å². The second-order valence-corrected chi connectivity index (χ2v) is 5.60. The predicted molar refractivity (Wildman–Crippen MR) is 76.8 cm³/mol. The number of hydrogen-bond acceptors (Lipinski definition) is 4. The van der Waals surface area contributed by atoms with Gasteiger partial charge in [0, 0.05) is 38.1 Å². The quantitative estimate of drug-likeness (QED) is 0.880. The average molecular weight is 263 g/mol. The van der Waals surface area contributed by atoms with E-state index >= 15 is 0 Å². The van der Waals surface area contributed by atoms with Gasteiger partial charge in [-0.2, -0.15) is 0 Å². The Bertz CT molecular complexity index is 384. The van der Waals surface area contributed by atoms with Crippen molar-refractivity contribution in [1.82, 2.24) is 9.88 Å². The largest absolute Gasteiger partial charge is 0.381 e. The van der Waals surface area contributed by atoms with Gasteiger partial charge in [-0.1, -0.05) is 6.07 Å². The van der Waals surface area contributed by atoms with Crippen LogP contribution in [0.4, 0.5) is 0 Å². The number of nitrogens with two attached hydrogens (primary N) is 1. The molecule has 1 fully saturated rings. The first kappa shape index (κ1) is 14.4. The summed E-state index contributed by atoms with van der Waals surface area (Å²) in [7, 11) is 3.97. The van der Waals surface area contributed by atoms with E-state index in [-0.39, 0.29) is 5.54 Å². The van der Waals surface area contributed by atoms with Crippen LogP contribution < -0.4 is 5.73 Å². The molecule has 0 amide bonds. The molecule has 1 saturated carbocycles. The molecule has 1 heterocycles. The van der Waals surface area contributed by atoms with E-state index in [0.717, 1.165) is 25.8 Å². The highest BCUT2D eigenvalue weighted by Gasteiger charge is 2.38. The molecule has 0 radical (unpaired) electrons. The molecule has 0 aliphatic heterocycles. The van der Waals surface area contributed by atoms with E-state index in [0.29, 0.717) is 12.6 Å². The van der Waals surface area contributed by atoms with Crippen molar-refractivity contribution in [1.29, 1.82) is 0 Å². The minimum absolute atomic E-state index is 0.0643. The van der Waals surface area contributed by atoms with Crippen molar-refractivity contribution in [3.63, 3.8) is 0 Å². The molecule has 4 nitrogen and oxygen atoms in total. The minimum Gasteiger partial charge on any atom is -0.381 e. The van der Waals surface area contributed by atoms with E-state index in [2.05, 4.69) is 23.0 Å². The van der Waals surface area contributed by atoms with Crippen molar-refractivity contribution in [3.8, 4) is 0 Å². The lowest BCUT2D eigenvalue weighted by Gasteiger charge is -2.46. The molecular weight excluding hydrogens is 238 g/mol. The zero-order valence-electron chi connectivity index (χ0n) is 12.0. The van der Waals surface area contributed by atoms with Crippen LogP contribution in [-0.2, 0) is 11.3 Å². The Morgan fingerprint density at radius 1 is 1.58 bits per heavy atom. The fraction of sp³-hybridized carbons (Fsp3) is 0.667. The molecule has 0 saturated heterocycles. The van der Waals surface area contributed by atoms with Gasteiger partial charge in [0.05, 0.1) is 6.10 Å². The van der Waals surface area contributed by atoms with Crippen LogP contribution in [0.3, 0.4) is 0 Å². The molecule has 0 bridgehead atoms. The standard InChI is InChI=1S/C15H25N3O/c1-18(11-13-5-4-8-17-10-13)15(12-16)7-3-6-14(9-15)19-2/h4-5,8,10,14H,3,6-7,9,11-12,16H2,1-2H3. The van der Waals surface area contributed by atoms with Crippen molar-refractivity contribution >= 4 is 0 Å². The lowest BCUT2D eigenvalue weighted by atomic mass is 9.78. The fourth-order valence-corrected chi connectivity index (χ4v) is 3.11. The van der Waals surface area contributed by atoms with Crippen LogP contribution >= 0.6 is 0 Å². The highest BCUT2D eigenvalue weighted by Crippen LogP contribution is 2.34. The van der Waals surface area contributed by atoms with Crippen LogP contribution in [0.25, 0.3) is 0 Å². The predicted octanol–water partition coefficient (Wildman–Crippen LogP) is 1.80. The normalized spacial score (nSPS) is 27.7. The lowest BCUT2D eigenvalue weighted by Crippen LogP contribution is -2.55. The van der Waals surface area contributed by atoms with E-state index < -0.39 is 0 Å². The Hall–Kier alpha value is -0.970. The van der Waals surface area contributed by atoms with Crippen LogP contribution in [0.15, 0.2) is 24.5 Å². The van der Waals surface area contributed by atoms with Crippen molar-refractivity contribution in [2.24, 2.45) is 5.73 Å². The Labute approximate surface area is 116 Å². The molecule has 2 unspecified atom stereocenters. The molecule has 2 rings (SSSR count). The Morgan fingerprint density at radius 2 is 2.42 bits per heavy atom. The van der Waals surface area contributed by atoms with Crippen LogP contribution in [-0.4, -0.2) is 42.2 Å². The van der Waals surface area contributed by atoms with Crippen LogP contribution in [0.2, 0.25) is 0 Å². The monoisotopic (exact) mass is 263 g/mol. The van der Waals surface area contributed by atoms with Gasteiger partial charge in [0.2, 0.25) is 0 Å². The Balaban J connectivity index is 2.07. The Kier molecular flexibility index (Phi) is 4.91. The molecule has 0 aromatic carbocycles. The lowest BCUT2D eigenvalue weighted by molar-refractivity contribution is -0.0149. The molecule has 0 spiro atoms. The van der Waals surface area contributed by atoms with Crippen molar-refractivity contribution < 1.29 is 4.74 Å². The molecule has 1 aliphatic carbocycles. The first-order valence-electron chi connectivity index (χ1n) is 7.03. The van der Waals surface area contributed by atoms with Gasteiger partial charge in [0.15, 0.2) is 0 Å². The molecule has 2 N–H and O–H groups in total. The molecule has 106 valence electrons. The summed E-state index contributed by atoms with van der Waals surface area (Å²) >= 11 is 0. The molecule has 19 heavy (non-hydrogen) atoms. The molecular formula is C15H25N3O. The van der Waals surface area contributed by atoms with Gasteiger partial charge in [-0.3, -0.25) is 9.88 Å². The number of pyridine rings is 1. The van der Waals surface area contributed by atoms with Gasteiger partial charge < -0.3 is 10.5 Å². The van der Waals surface area contributed by atoms with E-state index in [1.54, 1.807) is 7.11 Å². The summed E-state index contributed by atoms with van der Waals surface area (Å²) in [6, 6.07) is 4.10. The fourth-order valence-electron chi connectivity index (χ4n) is 3.11. The third-order valence-corrected chi connectivity index (χ3v) is 4.44. The third-order valence-electron chi connectivity index (χ3n) is 4.44. The van der Waals surface area contributed by atoms with Gasteiger partial charge in [0.25, 0.3) is 0 Å². The van der Waals surface area contributed by atoms with Crippen molar-refractivity contribution in [2.45, 2.75) is 43.9 Å². The Morgan fingerprint density at radius 3 is 3.05 bits per heavy atom. The molecule has 1 aromatic heterocycles. The first-order valence-corrected chi connectivity index (χ1v) is 7.03. The average Bonchev–Trinajstić information content (AvgIpc) is 2.48. The second-order valence-electron chi connectivity index (χ2n) is 5.60. The number of hydrogen-bond donors (Lipinski definition) is 1. The van der Waals surface area contributed by atoms with Crippen LogP contribution in [0.1, 0.15) is 31.2 Å². The number of nitrogens with zero attached hydrogens (tertiary/aromatic N) is 2. The van der Waals surface area contributed by atoms with Gasteiger partial charge >= 0.3 is 0 Å². The SMILES string of the molecule is COC1CCCC(CN)(N(C)Cc2cccnc2)C1. The number of likely N-dealkylation sites (N-methyl/N-ethyl adjacent to an activating group) is 1. The zero-order chi connectivity index (χ0) is 13.7. The number of aromatic nitrogens is 1. The highest BCUT2D eigenvalue weighted by atomic mass is 16.5. The maximum atomic E-state index is 6.10. The van der Waals surface area contributed by atoms with E-state index in [1.165, 1.54) is 12.0 Å². The van der Waals surface area contributed by atoms with Gasteiger partial charge in [-0.15, -0.1) is 0 Å². The summed E-state index contributed by atoms with van der Waals surface area (Å²) in [6.07, 6.45) is 8.60. The molecule has 1 aliphatic rings. The summed E-state index contributed by atoms with van der Waals surface area (Å²) in [4.78, 5) is 6.56. The van der Waals surface area contributed by atoms with Crippen molar-refractivity contribution in [2.75, 3.05) is 20.7 Å². The number of ether oxygens (including phenoxy) is 1. The van der Waals surface area contributed by atoms with Gasteiger partial charge in [-0.05, 0) is 44.4 Å². The van der Waals surface area contributed by atoms with Crippen LogP contribution in [0.5, 0.6) is 0 Å². The summed E-state index contributed by atoms with van der Waals surface area (Å²) in [5, 5.41) is 0. The minimum atomic E-state index is 0.0643. The van der Waals surface area contributed by atoms with Gasteiger partial charge in [-0.25, -0.2) is 0 Å². The third kappa shape index (κ3) is 3.32. The van der Waals surface area contributed by atoms with E-state index in [4.69, 9.17) is 10.5 Å². The highest BCUT2D eigenvalue weighted by molar-refractivity contribution is 5.09. The van der Waals surface area contributed by atoms with Crippen molar-refractivity contribution in [3.05, 3.63) is 30.1 Å². The zero-order valence-corrected chi connectivity index (χ0v) is 12.0. The first-order chi connectivity index (χ1) is 9.20. The number of rotatable bonds is 5. The van der Waals surface area contributed by atoms with E-state index in [9.17, 15) is 0 Å². The molecule has 1 aromatic rings. The smallest absolute Gasteiger partial charge is 0.0589 e. The molecule has 2 atom stereocenters. The maximum absolute atomic E-state index is 6.10. The summed E-state index contributed by atoms with van der Waals surface area (Å²) < 4.78 is 5.55.